The number of anilines is 1. The number of benzene rings is 2. The monoisotopic (exact) mass is 353 g/mol. The highest BCUT2D eigenvalue weighted by Crippen LogP contribution is 2.16. The summed E-state index contributed by atoms with van der Waals surface area (Å²) < 4.78 is 5.20. The van der Waals surface area contributed by atoms with Crippen molar-refractivity contribution in [1.82, 2.24) is 9.80 Å². The number of amides is 2. The van der Waals surface area contributed by atoms with Crippen LogP contribution in [-0.2, 0) is 6.54 Å². The quantitative estimate of drug-likeness (QED) is 0.912. The van der Waals surface area contributed by atoms with Crippen molar-refractivity contribution in [3.05, 3.63) is 59.2 Å². The molecule has 1 fully saturated rings. The van der Waals surface area contributed by atoms with Crippen LogP contribution in [-0.4, -0.2) is 49.1 Å². The van der Waals surface area contributed by atoms with Gasteiger partial charge in [0.15, 0.2) is 0 Å². The molecule has 2 aromatic rings. The van der Waals surface area contributed by atoms with Gasteiger partial charge in [-0.15, -0.1) is 0 Å². The van der Waals surface area contributed by atoms with Crippen LogP contribution in [0.25, 0.3) is 0 Å². The molecular formula is C21H27N3O2. The summed E-state index contributed by atoms with van der Waals surface area (Å²) in [7, 11) is 1.68. The Balaban J connectivity index is 1.49. The minimum atomic E-state index is -0.0163. The predicted molar refractivity (Wildman–Crippen MR) is 105 cm³/mol. The van der Waals surface area contributed by atoms with Crippen molar-refractivity contribution in [2.75, 3.05) is 38.6 Å². The molecule has 1 N–H and O–H groups in total. The molecule has 1 heterocycles. The van der Waals surface area contributed by atoms with E-state index < -0.39 is 0 Å². The van der Waals surface area contributed by atoms with E-state index in [1.165, 1.54) is 16.7 Å². The van der Waals surface area contributed by atoms with Crippen molar-refractivity contribution in [2.24, 2.45) is 0 Å². The number of carbonyl (C=O) groups excluding carboxylic acids is 1. The number of piperazine rings is 1. The first kappa shape index (κ1) is 18.3. The molecule has 0 bridgehead atoms. The zero-order chi connectivity index (χ0) is 18.5. The van der Waals surface area contributed by atoms with Crippen molar-refractivity contribution >= 4 is 11.7 Å². The van der Waals surface area contributed by atoms with E-state index in [2.05, 4.69) is 36.2 Å². The van der Waals surface area contributed by atoms with E-state index >= 15 is 0 Å². The molecule has 0 saturated carbocycles. The van der Waals surface area contributed by atoms with E-state index in [1.807, 2.05) is 35.2 Å². The van der Waals surface area contributed by atoms with Crippen LogP contribution < -0.4 is 10.1 Å². The van der Waals surface area contributed by atoms with E-state index in [4.69, 9.17) is 4.74 Å². The topological polar surface area (TPSA) is 44.8 Å². The third-order valence-electron chi connectivity index (χ3n) is 4.98. The summed E-state index contributed by atoms with van der Waals surface area (Å²) in [5.41, 5.74) is 4.54. The van der Waals surface area contributed by atoms with E-state index in [9.17, 15) is 4.79 Å². The highest BCUT2D eigenvalue weighted by Gasteiger charge is 2.21. The third kappa shape index (κ3) is 4.55. The first-order chi connectivity index (χ1) is 12.5. The highest BCUT2D eigenvalue weighted by molar-refractivity contribution is 5.89. The van der Waals surface area contributed by atoms with Gasteiger partial charge < -0.3 is 15.0 Å². The van der Waals surface area contributed by atoms with Gasteiger partial charge in [-0.1, -0.05) is 18.2 Å². The number of urea groups is 1. The summed E-state index contributed by atoms with van der Waals surface area (Å²) in [6.45, 7) is 8.28. The Morgan fingerprint density at radius 1 is 1.00 bits per heavy atom. The summed E-state index contributed by atoms with van der Waals surface area (Å²) in [6, 6.07) is 14.2. The van der Waals surface area contributed by atoms with Crippen molar-refractivity contribution in [1.29, 1.82) is 0 Å². The predicted octanol–water partition coefficient (Wildman–Crippen LogP) is 3.66. The molecule has 138 valence electrons. The number of carbonyl (C=O) groups is 1. The fourth-order valence-electron chi connectivity index (χ4n) is 3.12. The second kappa shape index (κ2) is 8.23. The number of nitrogens with one attached hydrogen (secondary N) is 1. The number of hydrogen-bond donors (Lipinski definition) is 1. The van der Waals surface area contributed by atoms with Crippen LogP contribution in [0.15, 0.2) is 42.5 Å². The standard InChI is InChI=1S/C21H27N3O2/c1-16-4-7-19(14-17(16)2)22-21(25)24-12-10-23(11-13-24)15-18-5-8-20(26-3)9-6-18/h4-9,14H,10-13,15H2,1-3H3,(H,22,25). The maximum absolute atomic E-state index is 12.5. The molecule has 1 aliphatic rings. The van der Waals surface area contributed by atoms with Crippen LogP contribution >= 0.6 is 0 Å². The van der Waals surface area contributed by atoms with Crippen molar-refractivity contribution < 1.29 is 9.53 Å². The number of nitrogens with zero attached hydrogens (tertiary/aromatic N) is 2. The number of ether oxygens (including phenoxy) is 1. The maximum atomic E-state index is 12.5. The molecule has 0 aromatic heterocycles. The number of methoxy groups -OCH3 is 1. The minimum Gasteiger partial charge on any atom is -0.497 e. The smallest absolute Gasteiger partial charge is 0.321 e. The number of aryl methyl sites for hydroxylation is 2. The SMILES string of the molecule is COc1ccc(CN2CCN(C(=O)Nc3ccc(C)c(C)c3)CC2)cc1. The minimum absolute atomic E-state index is 0.0163. The van der Waals surface area contributed by atoms with Gasteiger partial charge in [-0.3, -0.25) is 4.90 Å². The molecule has 5 heteroatoms. The average molecular weight is 353 g/mol. The van der Waals surface area contributed by atoms with Gasteiger partial charge in [-0.05, 0) is 54.8 Å². The van der Waals surface area contributed by atoms with Gasteiger partial charge in [0.05, 0.1) is 7.11 Å². The fourth-order valence-corrected chi connectivity index (χ4v) is 3.12. The molecule has 26 heavy (non-hydrogen) atoms. The Labute approximate surface area is 155 Å². The molecule has 0 atom stereocenters. The summed E-state index contributed by atoms with van der Waals surface area (Å²) in [6.07, 6.45) is 0. The van der Waals surface area contributed by atoms with E-state index in [-0.39, 0.29) is 6.03 Å². The van der Waals surface area contributed by atoms with E-state index in [0.717, 1.165) is 44.2 Å². The van der Waals surface area contributed by atoms with Gasteiger partial charge >= 0.3 is 6.03 Å². The van der Waals surface area contributed by atoms with Crippen molar-refractivity contribution in [2.45, 2.75) is 20.4 Å². The summed E-state index contributed by atoms with van der Waals surface area (Å²) in [5, 5.41) is 3.01. The lowest BCUT2D eigenvalue weighted by Gasteiger charge is -2.34. The summed E-state index contributed by atoms with van der Waals surface area (Å²) in [4.78, 5) is 16.7. The maximum Gasteiger partial charge on any atom is 0.321 e. The molecule has 3 rings (SSSR count). The summed E-state index contributed by atoms with van der Waals surface area (Å²) in [5.74, 6) is 0.876. The number of rotatable bonds is 4. The van der Waals surface area contributed by atoms with Crippen LogP contribution in [0.4, 0.5) is 10.5 Å². The Morgan fingerprint density at radius 2 is 1.69 bits per heavy atom. The normalized spacial score (nSPS) is 15.0. The summed E-state index contributed by atoms with van der Waals surface area (Å²) >= 11 is 0. The van der Waals surface area contributed by atoms with Gasteiger partial charge in [0, 0.05) is 38.4 Å². The largest absolute Gasteiger partial charge is 0.497 e. The molecule has 0 spiro atoms. The molecule has 0 unspecified atom stereocenters. The Kier molecular flexibility index (Phi) is 5.78. The first-order valence-corrected chi connectivity index (χ1v) is 9.03. The van der Waals surface area contributed by atoms with Crippen molar-refractivity contribution in [3.8, 4) is 5.75 Å². The average Bonchev–Trinajstić information content (AvgIpc) is 2.66. The Morgan fingerprint density at radius 3 is 2.31 bits per heavy atom. The molecule has 1 aliphatic heterocycles. The molecule has 0 radical (unpaired) electrons. The zero-order valence-electron chi connectivity index (χ0n) is 15.8. The van der Waals surface area contributed by atoms with Crippen LogP contribution in [0.3, 0.4) is 0 Å². The fraction of sp³-hybridized carbons (Fsp3) is 0.381. The van der Waals surface area contributed by atoms with Gasteiger partial charge in [-0.25, -0.2) is 4.79 Å². The van der Waals surface area contributed by atoms with Gasteiger partial charge in [0.25, 0.3) is 0 Å². The van der Waals surface area contributed by atoms with E-state index in [1.54, 1.807) is 7.11 Å². The lowest BCUT2D eigenvalue weighted by atomic mass is 10.1. The van der Waals surface area contributed by atoms with E-state index in [0.29, 0.717) is 0 Å². The molecular weight excluding hydrogens is 326 g/mol. The van der Waals surface area contributed by atoms with Gasteiger partial charge in [0.2, 0.25) is 0 Å². The molecule has 1 saturated heterocycles. The molecule has 2 aromatic carbocycles. The van der Waals surface area contributed by atoms with Gasteiger partial charge in [0.1, 0.15) is 5.75 Å². The lowest BCUT2D eigenvalue weighted by Crippen LogP contribution is -2.49. The molecule has 0 aliphatic carbocycles. The zero-order valence-corrected chi connectivity index (χ0v) is 15.8. The Bertz CT molecular complexity index is 750. The second-order valence-electron chi connectivity index (χ2n) is 6.84. The Hall–Kier alpha value is -2.53. The first-order valence-electron chi connectivity index (χ1n) is 9.03. The second-order valence-corrected chi connectivity index (χ2v) is 6.84. The highest BCUT2D eigenvalue weighted by atomic mass is 16.5. The molecule has 2 amide bonds. The van der Waals surface area contributed by atoms with Crippen LogP contribution in [0.5, 0.6) is 5.75 Å². The van der Waals surface area contributed by atoms with Crippen LogP contribution in [0, 0.1) is 13.8 Å². The third-order valence-corrected chi connectivity index (χ3v) is 4.98. The lowest BCUT2D eigenvalue weighted by molar-refractivity contribution is 0.143. The van der Waals surface area contributed by atoms with Gasteiger partial charge in [-0.2, -0.15) is 0 Å². The van der Waals surface area contributed by atoms with Crippen LogP contribution in [0.1, 0.15) is 16.7 Å². The van der Waals surface area contributed by atoms with Crippen molar-refractivity contribution in [3.63, 3.8) is 0 Å². The number of hydrogen-bond acceptors (Lipinski definition) is 3. The van der Waals surface area contributed by atoms with Crippen LogP contribution in [0.2, 0.25) is 0 Å². The molecule has 5 nitrogen and oxygen atoms in total.